The van der Waals surface area contributed by atoms with Crippen molar-refractivity contribution >= 4 is 23.2 Å². The van der Waals surface area contributed by atoms with E-state index in [1.54, 1.807) is 6.07 Å². The van der Waals surface area contributed by atoms with E-state index in [1.807, 2.05) is 54.6 Å². The Morgan fingerprint density at radius 3 is 1.94 bits per heavy atom. The van der Waals surface area contributed by atoms with Gasteiger partial charge in [0.25, 0.3) is 11.5 Å². The number of anilines is 1. The van der Waals surface area contributed by atoms with Crippen LogP contribution in [0.3, 0.4) is 0 Å². The Labute approximate surface area is 285 Å². The molecule has 0 spiro atoms. The van der Waals surface area contributed by atoms with Gasteiger partial charge in [0.15, 0.2) is 23.2 Å². The van der Waals surface area contributed by atoms with Crippen molar-refractivity contribution in [2.75, 3.05) is 31.1 Å². The van der Waals surface area contributed by atoms with Crippen molar-refractivity contribution in [2.45, 2.75) is 19.4 Å². The SMILES string of the molecule is O=C(CC(=O)c1cc(Cc2cc(F)c(F)c(F)c2)cn(Cc2ccccc2F)c1=O)C(=O)N1CCN(c2ccc(-c3ccccc3)cc2)CC1. The van der Waals surface area contributed by atoms with E-state index in [4.69, 9.17) is 0 Å². The molecule has 0 aliphatic carbocycles. The first-order valence-corrected chi connectivity index (χ1v) is 15.9. The zero-order chi connectivity index (χ0) is 35.4. The highest BCUT2D eigenvalue weighted by molar-refractivity contribution is 6.40. The highest BCUT2D eigenvalue weighted by Crippen LogP contribution is 2.24. The lowest BCUT2D eigenvalue weighted by molar-refractivity contribution is -0.144. The Bertz CT molecular complexity index is 2100. The molecule has 0 atom stereocenters. The van der Waals surface area contributed by atoms with Crippen LogP contribution in [0.15, 0.2) is 108 Å². The Morgan fingerprint density at radius 1 is 0.660 bits per heavy atom. The van der Waals surface area contributed by atoms with Gasteiger partial charge < -0.3 is 14.4 Å². The van der Waals surface area contributed by atoms with Crippen LogP contribution in [0.25, 0.3) is 11.1 Å². The summed E-state index contributed by atoms with van der Waals surface area (Å²) >= 11 is 0. The van der Waals surface area contributed by atoms with E-state index < -0.39 is 58.3 Å². The number of hydrogen-bond acceptors (Lipinski definition) is 5. The molecule has 0 N–H and O–H groups in total. The molecule has 11 heteroatoms. The molecule has 1 amide bonds. The van der Waals surface area contributed by atoms with Crippen LogP contribution in [0.5, 0.6) is 0 Å². The van der Waals surface area contributed by atoms with Crippen molar-refractivity contribution in [3.05, 3.63) is 159 Å². The van der Waals surface area contributed by atoms with Crippen molar-refractivity contribution in [2.24, 2.45) is 0 Å². The molecule has 0 unspecified atom stereocenters. The molecule has 1 aliphatic rings. The normalized spacial score (nSPS) is 13.0. The zero-order valence-corrected chi connectivity index (χ0v) is 26.8. The number of aromatic nitrogens is 1. The van der Waals surface area contributed by atoms with Crippen LogP contribution < -0.4 is 10.5 Å². The average molecular weight is 682 g/mol. The lowest BCUT2D eigenvalue weighted by atomic mass is 10.0. The van der Waals surface area contributed by atoms with Crippen LogP contribution >= 0.6 is 0 Å². The number of carbonyl (C=O) groups excluding carboxylic acids is 3. The molecule has 1 aliphatic heterocycles. The molecule has 254 valence electrons. The molecule has 0 bridgehead atoms. The van der Waals surface area contributed by atoms with E-state index in [0.29, 0.717) is 13.1 Å². The number of rotatable bonds is 10. The maximum atomic E-state index is 14.5. The summed E-state index contributed by atoms with van der Waals surface area (Å²) in [5.41, 5.74) is 2.18. The summed E-state index contributed by atoms with van der Waals surface area (Å²) in [7, 11) is 0. The summed E-state index contributed by atoms with van der Waals surface area (Å²) in [6.07, 6.45) is 0.183. The van der Waals surface area contributed by atoms with Crippen LogP contribution in [-0.2, 0) is 22.6 Å². The van der Waals surface area contributed by atoms with Gasteiger partial charge in [0.05, 0.1) is 18.5 Å². The van der Waals surface area contributed by atoms with E-state index in [-0.39, 0.29) is 42.7 Å². The molecule has 1 saturated heterocycles. The molecule has 4 aromatic carbocycles. The minimum absolute atomic E-state index is 0.00780. The summed E-state index contributed by atoms with van der Waals surface area (Å²) < 4.78 is 57.0. The van der Waals surface area contributed by atoms with Crippen LogP contribution in [0.2, 0.25) is 0 Å². The molecule has 5 aromatic rings. The average Bonchev–Trinajstić information content (AvgIpc) is 3.13. The maximum absolute atomic E-state index is 14.5. The highest BCUT2D eigenvalue weighted by Gasteiger charge is 2.29. The summed E-state index contributed by atoms with van der Waals surface area (Å²) in [4.78, 5) is 56.5. The van der Waals surface area contributed by atoms with E-state index >= 15 is 0 Å². The minimum atomic E-state index is -1.64. The minimum Gasteiger partial charge on any atom is -0.368 e. The van der Waals surface area contributed by atoms with Gasteiger partial charge in [0.2, 0.25) is 5.78 Å². The van der Waals surface area contributed by atoms with Crippen molar-refractivity contribution in [1.29, 1.82) is 0 Å². The lowest BCUT2D eigenvalue weighted by Gasteiger charge is -2.35. The fourth-order valence-corrected chi connectivity index (χ4v) is 6.02. The quantitative estimate of drug-likeness (QED) is 0.0577. The standard InChI is InChI=1S/C39H31F4N3O4/c40-32-9-5-4-8-29(32)24-46-23-26(18-25-20-33(41)37(43)34(42)21-25)19-31(38(46)49)35(47)22-36(48)39(50)45-16-14-44(15-17-45)30-12-10-28(11-13-30)27-6-2-1-3-7-27/h1-13,19-21,23H,14-18,22,24H2. The van der Waals surface area contributed by atoms with Gasteiger partial charge in [-0.05, 0) is 65.1 Å². The lowest BCUT2D eigenvalue weighted by Crippen LogP contribution is -2.50. The summed E-state index contributed by atoms with van der Waals surface area (Å²) in [6.45, 7) is 1.12. The van der Waals surface area contributed by atoms with Gasteiger partial charge in [-0.3, -0.25) is 19.2 Å². The summed E-state index contributed by atoms with van der Waals surface area (Å²) in [5, 5.41) is 0. The highest BCUT2D eigenvalue weighted by atomic mass is 19.2. The molecule has 1 fully saturated rings. The fourth-order valence-electron chi connectivity index (χ4n) is 6.02. The third-order valence-corrected chi connectivity index (χ3v) is 8.66. The van der Waals surface area contributed by atoms with Gasteiger partial charge in [-0.15, -0.1) is 0 Å². The van der Waals surface area contributed by atoms with Crippen molar-refractivity contribution in [3.8, 4) is 11.1 Å². The van der Waals surface area contributed by atoms with Crippen molar-refractivity contribution in [3.63, 3.8) is 0 Å². The Hall–Kier alpha value is -5.84. The number of benzene rings is 4. The van der Waals surface area contributed by atoms with Crippen LogP contribution in [-0.4, -0.2) is 53.1 Å². The van der Waals surface area contributed by atoms with E-state index in [1.165, 1.54) is 35.4 Å². The summed E-state index contributed by atoms with van der Waals surface area (Å²) in [5.74, 6) is -7.86. The van der Waals surface area contributed by atoms with Crippen molar-refractivity contribution < 1.29 is 31.9 Å². The van der Waals surface area contributed by atoms with Crippen LogP contribution in [0, 0.1) is 23.3 Å². The van der Waals surface area contributed by atoms with Crippen molar-refractivity contribution in [1.82, 2.24) is 9.47 Å². The predicted molar refractivity (Wildman–Crippen MR) is 180 cm³/mol. The molecular formula is C39H31F4N3O4. The number of halogens is 4. The number of ketones is 2. The van der Waals surface area contributed by atoms with Gasteiger partial charge in [0, 0.05) is 43.6 Å². The molecule has 0 saturated carbocycles. The maximum Gasteiger partial charge on any atom is 0.290 e. The number of pyridine rings is 1. The second-order valence-electron chi connectivity index (χ2n) is 12.1. The summed E-state index contributed by atoms with van der Waals surface area (Å²) in [6, 6.07) is 26.4. The third-order valence-electron chi connectivity index (χ3n) is 8.66. The number of amides is 1. The van der Waals surface area contributed by atoms with E-state index in [9.17, 15) is 36.7 Å². The molecule has 0 radical (unpaired) electrons. The fraction of sp³-hybridized carbons (Fsp3) is 0.179. The number of Topliss-reactive ketones (excluding diaryl/α,β-unsaturated/α-hetero) is 2. The second-order valence-corrected chi connectivity index (χ2v) is 12.1. The predicted octanol–water partition coefficient (Wildman–Crippen LogP) is 6.20. The largest absolute Gasteiger partial charge is 0.368 e. The zero-order valence-electron chi connectivity index (χ0n) is 26.8. The first-order chi connectivity index (χ1) is 24.1. The van der Waals surface area contributed by atoms with Gasteiger partial charge >= 0.3 is 0 Å². The monoisotopic (exact) mass is 681 g/mol. The number of carbonyl (C=O) groups is 3. The number of hydrogen-bond donors (Lipinski definition) is 0. The van der Waals surface area contributed by atoms with Gasteiger partial charge in [-0.2, -0.15) is 0 Å². The number of piperazine rings is 1. The topological polar surface area (TPSA) is 79.7 Å². The molecule has 6 rings (SSSR count). The first-order valence-electron chi connectivity index (χ1n) is 15.9. The van der Waals surface area contributed by atoms with Gasteiger partial charge in [0.1, 0.15) is 5.82 Å². The van der Waals surface area contributed by atoms with E-state index in [2.05, 4.69) is 4.90 Å². The first kappa shape index (κ1) is 34.0. The van der Waals surface area contributed by atoms with Crippen LogP contribution in [0.1, 0.15) is 33.5 Å². The van der Waals surface area contributed by atoms with Gasteiger partial charge in [-0.1, -0.05) is 60.7 Å². The molecule has 1 aromatic heterocycles. The third kappa shape index (κ3) is 7.57. The number of nitrogens with zero attached hydrogens (tertiary/aromatic N) is 3. The smallest absolute Gasteiger partial charge is 0.290 e. The molecule has 2 heterocycles. The van der Waals surface area contributed by atoms with Gasteiger partial charge in [-0.25, -0.2) is 17.6 Å². The van der Waals surface area contributed by atoms with Crippen LogP contribution in [0.4, 0.5) is 23.2 Å². The Kier molecular flexibility index (Phi) is 10.0. The van der Waals surface area contributed by atoms with E-state index in [0.717, 1.165) is 33.5 Å². The molecule has 7 nitrogen and oxygen atoms in total. The second kappa shape index (κ2) is 14.7. The Morgan fingerprint density at radius 2 is 1.28 bits per heavy atom. The Balaban J connectivity index is 1.15. The molecule has 50 heavy (non-hydrogen) atoms. The molecular weight excluding hydrogens is 650 g/mol.